The summed E-state index contributed by atoms with van der Waals surface area (Å²) in [5.74, 6) is -2.18. The first-order valence-electron chi connectivity index (χ1n) is 16.1. The summed E-state index contributed by atoms with van der Waals surface area (Å²) in [4.78, 5) is 40.5. The first-order valence-corrected chi connectivity index (χ1v) is 16.5. The van der Waals surface area contributed by atoms with Crippen LogP contribution in [0.5, 0.6) is 5.75 Å². The van der Waals surface area contributed by atoms with E-state index in [2.05, 4.69) is 5.32 Å². The van der Waals surface area contributed by atoms with Crippen molar-refractivity contribution in [3.8, 4) is 16.9 Å². The summed E-state index contributed by atoms with van der Waals surface area (Å²) in [6.07, 6.45) is 2.09. The van der Waals surface area contributed by atoms with E-state index in [1.54, 1.807) is 24.1 Å². The molecule has 3 N–H and O–H groups in total. The first kappa shape index (κ1) is 36.7. The van der Waals surface area contributed by atoms with E-state index in [4.69, 9.17) is 31.5 Å². The zero-order chi connectivity index (χ0) is 35.0. The number of amides is 3. The van der Waals surface area contributed by atoms with Gasteiger partial charge < -0.3 is 30.2 Å². The standard InChI is InChI=1S/C37H45ClFN3O6/c1-37(2,3)48-36(45)42(26-14-11-24(12-15-26)35(44)41-4)22-29(23-9-7-6-8-10-23)25-13-17-30(38)28(21-25)32-27(34(40)43)16-18-31(33(32)39)47-20-19-46-5/h6-10,13,16-18,21,24,26,29H,11-12,14-15,19-20,22H2,1-5H3,(H2,40,43)(H,41,44). The van der Waals surface area contributed by atoms with Crippen molar-refractivity contribution in [2.24, 2.45) is 11.7 Å². The van der Waals surface area contributed by atoms with Crippen molar-refractivity contribution in [1.29, 1.82) is 0 Å². The minimum Gasteiger partial charge on any atom is -0.488 e. The van der Waals surface area contributed by atoms with Crippen molar-refractivity contribution in [3.63, 3.8) is 0 Å². The number of primary amides is 1. The average Bonchev–Trinajstić information content (AvgIpc) is 3.05. The molecule has 1 saturated carbocycles. The number of benzene rings is 3. The van der Waals surface area contributed by atoms with Gasteiger partial charge in [-0.3, -0.25) is 9.59 Å². The summed E-state index contributed by atoms with van der Waals surface area (Å²) < 4.78 is 32.7. The SMILES string of the molecule is CNC(=O)C1CCC(N(CC(c2ccccc2)c2ccc(Cl)c(-c3c(C(N)=O)ccc(OCCOC)c3F)c2)C(=O)OC(C)(C)C)CC1. The molecule has 0 spiro atoms. The maximum absolute atomic E-state index is 16.1. The van der Waals surface area contributed by atoms with E-state index in [1.165, 1.54) is 19.2 Å². The Kier molecular flexibility index (Phi) is 12.5. The molecule has 0 aromatic heterocycles. The van der Waals surface area contributed by atoms with Crippen LogP contribution in [0.1, 0.15) is 73.9 Å². The number of nitrogens with zero attached hydrogens (tertiary/aromatic N) is 1. The molecule has 3 aromatic carbocycles. The van der Waals surface area contributed by atoms with Gasteiger partial charge in [0.05, 0.1) is 12.2 Å². The van der Waals surface area contributed by atoms with Crippen LogP contribution >= 0.6 is 11.6 Å². The number of rotatable bonds is 12. The molecule has 3 amide bonds. The molecule has 258 valence electrons. The highest BCUT2D eigenvalue weighted by Gasteiger charge is 2.35. The number of carbonyl (C=O) groups is 3. The fraction of sp³-hybridized carbons (Fsp3) is 0.432. The molecule has 9 nitrogen and oxygen atoms in total. The Balaban J connectivity index is 1.81. The molecule has 4 rings (SSSR count). The van der Waals surface area contributed by atoms with Gasteiger partial charge in [-0.05, 0) is 81.8 Å². The van der Waals surface area contributed by atoms with E-state index < -0.39 is 29.3 Å². The van der Waals surface area contributed by atoms with Crippen molar-refractivity contribution < 1.29 is 33.0 Å². The molecule has 0 bridgehead atoms. The number of halogens is 2. The molecule has 1 aliphatic carbocycles. The lowest BCUT2D eigenvalue weighted by atomic mass is 9.83. The van der Waals surface area contributed by atoms with Gasteiger partial charge in [-0.15, -0.1) is 0 Å². The van der Waals surface area contributed by atoms with Gasteiger partial charge in [0, 0.05) is 54.7 Å². The Hall–Kier alpha value is -4.15. The van der Waals surface area contributed by atoms with E-state index in [-0.39, 0.29) is 65.1 Å². The van der Waals surface area contributed by atoms with E-state index in [0.717, 1.165) is 11.1 Å². The summed E-state index contributed by atoms with van der Waals surface area (Å²) in [5.41, 5.74) is 6.74. The Bertz CT molecular complexity index is 1590. The Morgan fingerprint density at radius 3 is 2.29 bits per heavy atom. The van der Waals surface area contributed by atoms with Crippen LogP contribution in [-0.2, 0) is 14.3 Å². The topological polar surface area (TPSA) is 120 Å². The second-order valence-corrected chi connectivity index (χ2v) is 13.4. The van der Waals surface area contributed by atoms with Crippen molar-refractivity contribution in [1.82, 2.24) is 10.2 Å². The Labute approximate surface area is 286 Å². The highest BCUT2D eigenvalue weighted by atomic mass is 35.5. The predicted molar refractivity (Wildman–Crippen MR) is 184 cm³/mol. The lowest BCUT2D eigenvalue weighted by Gasteiger charge is -2.39. The van der Waals surface area contributed by atoms with Crippen LogP contribution in [-0.4, -0.2) is 68.4 Å². The molecule has 1 unspecified atom stereocenters. The van der Waals surface area contributed by atoms with Crippen LogP contribution in [0.25, 0.3) is 11.1 Å². The lowest BCUT2D eigenvalue weighted by molar-refractivity contribution is -0.125. The summed E-state index contributed by atoms with van der Waals surface area (Å²) in [6.45, 7) is 6.04. The number of hydrogen-bond donors (Lipinski definition) is 2. The van der Waals surface area contributed by atoms with Gasteiger partial charge >= 0.3 is 6.09 Å². The highest BCUT2D eigenvalue weighted by molar-refractivity contribution is 6.33. The maximum Gasteiger partial charge on any atom is 0.410 e. The van der Waals surface area contributed by atoms with E-state index >= 15 is 4.39 Å². The van der Waals surface area contributed by atoms with E-state index in [1.807, 2.05) is 57.2 Å². The molecule has 1 aliphatic rings. The zero-order valence-corrected chi connectivity index (χ0v) is 28.9. The van der Waals surface area contributed by atoms with Gasteiger partial charge in [-0.1, -0.05) is 48.0 Å². The van der Waals surface area contributed by atoms with E-state index in [9.17, 15) is 14.4 Å². The molecule has 3 aromatic rings. The van der Waals surface area contributed by atoms with Crippen LogP contribution in [0.3, 0.4) is 0 Å². The maximum atomic E-state index is 16.1. The Morgan fingerprint density at radius 1 is 1.00 bits per heavy atom. The lowest BCUT2D eigenvalue weighted by Crippen LogP contribution is -2.47. The first-order chi connectivity index (χ1) is 22.8. The number of hydrogen-bond acceptors (Lipinski definition) is 6. The van der Waals surface area contributed by atoms with Crippen molar-refractivity contribution in [2.45, 2.75) is 64.0 Å². The van der Waals surface area contributed by atoms with Crippen LogP contribution in [0.2, 0.25) is 5.02 Å². The molecule has 11 heteroatoms. The van der Waals surface area contributed by atoms with Gasteiger partial charge in [0.2, 0.25) is 11.8 Å². The second kappa shape index (κ2) is 16.3. The number of methoxy groups -OCH3 is 1. The highest BCUT2D eigenvalue weighted by Crippen LogP contribution is 2.40. The number of nitrogens with one attached hydrogen (secondary N) is 1. The predicted octanol–water partition coefficient (Wildman–Crippen LogP) is 6.94. The third-order valence-corrected chi connectivity index (χ3v) is 8.87. The third-order valence-electron chi connectivity index (χ3n) is 8.54. The molecule has 48 heavy (non-hydrogen) atoms. The smallest absolute Gasteiger partial charge is 0.410 e. The molecular formula is C37H45ClFN3O6. The fourth-order valence-electron chi connectivity index (χ4n) is 6.16. The third kappa shape index (κ3) is 9.05. The molecule has 1 atom stereocenters. The minimum absolute atomic E-state index is 0.00357. The van der Waals surface area contributed by atoms with Gasteiger partial charge in [-0.25, -0.2) is 9.18 Å². The molecule has 0 aliphatic heterocycles. The van der Waals surface area contributed by atoms with Crippen molar-refractivity contribution >= 4 is 29.5 Å². The largest absolute Gasteiger partial charge is 0.488 e. The minimum atomic E-state index is -0.822. The molecule has 1 fully saturated rings. The quantitative estimate of drug-likeness (QED) is 0.200. The fourth-order valence-corrected chi connectivity index (χ4v) is 6.37. The number of ether oxygens (including phenoxy) is 3. The van der Waals surface area contributed by atoms with Crippen molar-refractivity contribution in [2.75, 3.05) is 33.9 Å². The van der Waals surface area contributed by atoms with Gasteiger partial charge in [0.1, 0.15) is 12.2 Å². The summed E-state index contributed by atoms with van der Waals surface area (Å²) in [7, 11) is 3.14. The molecule has 0 radical (unpaired) electrons. The summed E-state index contributed by atoms with van der Waals surface area (Å²) in [6, 6.07) is 17.5. The monoisotopic (exact) mass is 681 g/mol. The second-order valence-electron chi connectivity index (χ2n) is 13.0. The van der Waals surface area contributed by atoms with Gasteiger partial charge in [-0.2, -0.15) is 0 Å². The van der Waals surface area contributed by atoms with Gasteiger partial charge in [0.15, 0.2) is 11.6 Å². The average molecular weight is 682 g/mol. The summed E-state index contributed by atoms with van der Waals surface area (Å²) >= 11 is 6.71. The summed E-state index contributed by atoms with van der Waals surface area (Å²) in [5, 5.41) is 2.94. The number of nitrogens with two attached hydrogens (primary N) is 1. The zero-order valence-electron chi connectivity index (χ0n) is 28.2. The number of carbonyl (C=O) groups excluding carboxylic acids is 3. The van der Waals surface area contributed by atoms with Crippen LogP contribution in [0, 0.1) is 11.7 Å². The molecule has 0 heterocycles. The van der Waals surface area contributed by atoms with Crippen LogP contribution in [0.4, 0.5) is 9.18 Å². The molecule has 0 saturated heterocycles. The molecular weight excluding hydrogens is 637 g/mol. The van der Waals surface area contributed by atoms with Crippen molar-refractivity contribution in [3.05, 3.63) is 88.2 Å². The van der Waals surface area contributed by atoms with Crippen LogP contribution < -0.4 is 15.8 Å². The normalized spacial score (nSPS) is 16.9. The van der Waals surface area contributed by atoms with Crippen LogP contribution in [0.15, 0.2) is 60.7 Å². The van der Waals surface area contributed by atoms with E-state index in [0.29, 0.717) is 25.7 Å². The Morgan fingerprint density at radius 2 is 1.69 bits per heavy atom. The van der Waals surface area contributed by atoms with Gasteiger partial charge in [0.25, 0.3) is 0 Å².